The fourth-order valence-electron chi connectivity index (χ4n) is 3.14. The summed E-state index contributed by atoms with van der Waals surface area (Å²) in [5.41, 5.74) is 1.74. The first-order chi connectivity index (χ1) is 14.3. The van der Waals surface area contributed by atoms with Gasteiger partial charge in [-0.25, -0.2) is 17.5 Å². The molecule has 164 valence electrons. The molecular weight excluding hydrogens is 412 g/mol. The number of sulfonamides is 1. The number of carbonyl (C=O) groups is 1. The van der Waals surface area contributed by atoms with E-state index in [1.165, 1.54) is 12.1 Å². The highest BCUT2D eigenvalue weighted by Gasteiger charge is 2.21. The Morgan fingerprint density at radius 1 is 0.967 bits per heavy atom. The van der Waals surface area contributed by atoms with Crippen molar-refractivity contribution >= 4 is 16.0 Å². The molecule has 0 saturated carbocycles. The Kier molecular flexibility index (Phi) is 9.39. The summed E-state index contributed by atoms with van der Waals surface area (Å²) in [7, 11) is -3.86. The molecule has 0 amide bonds. The van der Waals surface area contributed by atoms with Gasteiger partial charge in [0.15, 0.2) is 0 Å². The minimum absolute atomic E-state index is 0.0250. The molecule has 1 atom stereocenters. The van der Waals surface area contributed by atoms with E-state index >= 15 is 0 Å². The van der Waals surface area contributed by atoms with Crippen LogP contribution in [0.25, 0.3) is 0 Å². The van der Waals surface area contributed by atoms with Crippen LogP contribution in [0.1, 0.15) is 55.7 Å². The number of carboxylic acids is 1. The Balaban J connectivity index is 2.13. The van der Waals surface area contributed by atoms with Crippen LogP contribution in [0.3, 0.4) is 0 Å². The average molecular weight is 440 g/mol. The number of aryl methyl sites for hydroxylation is 1. The third kappa shape index (κ3) is 7.84. The zero-order chi connectivity index (χ0) is 22.0. The number of carboxylic acid groups (broad SMARTS) is 1. The van der Waals surface area contributed by atoms with Crippen LogP contribution in [0, 0.1) is 5.82 Å². The monoisotopic (exact) mass is 439 g/mol. The Morgan fingerprint density at radius 3 is 2.23 bits per heavy atom. The SMILES string of the molecule is O=C(O)CCCc1ccc(C(CCCCCF)NS(=O)(=O)c2ccc(F)cc2)cc1. The van der Waals surface area contributed by atoms with Gasteiger partial charge in [0.25, 0.3) is 0 Å². The largest absolute Gasteiger partial charge is 0.481 e. The van der Waals surface area contributed by atoms with E-state index < -0.39 is 34.5 Å². The molecule has 2 N–H and O–H groups in total. The van der Waals surface area contributed by atoms with Crippen LogP contribution in [-0.4, -0.2) is 26.2 Å². The van der Waals surface area contributed by atoms with E-state index in [1.54, 1.807) is 0 Å². The minimum atomic E-state index is -3.86. The molecule has 1 unspecified atom stereocenters. The minimum Gasteiger partial charge on any atom is -0.481 e. The fraction of sp³-hybridized carbons (Fsp3) is 0.409. The van der Waals surface area contributed by atoms with Crippen molar-refractivity contribution in [2.24, 2.45) is 0 Å². The molecule has 2 aromatic carbocycles. The zero-order valence-electron chi connectivity index (χ0n) is 16.7. The molecule has 0 spiro atoms. The van der Waals surface area contributed by atoms with E-state index in [9.17, 15) is 22.0 Å². The van der Waals surface area contributed by atoms with E-state index in [0.717, 1.165) is 23.3 Å². The van der Waals surface area contributed by atoms with Crippen LogP contribution in [0.4, 0.5) is 8.78 Å². The lowest BCUT2D eigenvalue weighted by Gasteiger charge is -2.20. The van der Waals surface area contributed by atoms with E-state index in [-0.39, 0.29) is 11.3 Å². The van der Waals surface area contributed by atoms with Gasteiger partial charge in [-0.2, -0.15) is 0 Å². The molecule has 0 aliphatic carbocycles. The zero-order valence-corrected chi connectivity index (χ0v) is 17.5. The predicted molar refractivity (Wildman–Crippen MR) is 111 cm³/mol. The molecule has 0 bridgehead atoms. The quantitative estimate of drug-likeness (QED) is 0.440. The van der Waals surface area contributed by atoms with Crippen LogP contribution in [0.5, 0.6) is 0 Å². The van der Waals surface area contributed by atoms with Gasteiger partial charge in [0.2, 0.25) is 10.0 Å². The summed E-state index contributed by atoms with van der Waals surface area (Å²) in [6.45, 7) is -0.406. The number of benzene rings is 2. The Hall–Kier alpha value is -2.32. The lowest BCUT2D eigenvalue weighted by molar-refractivity contribution is -0.137. The van der Waals surface area contributed by atoms with Gasteiger partial charge in [-0.15, -0.1) is 0 Å². The number of halogens is 2. The van der Waals surface area contributed by atoms with E-state index in [4.69, 9.17) is 5.11 Å². The number of hydrogen-bond donors (Lipinski definition) is 2. The smallest absolute Gasteiger partial charge is 0.303 e. The molecule has 0 aliphatic rings. The van der Waals surface area contributed by atoms with Crippen molar-refractivity contribution < 1.29 is 27.1 Å². The lowest BCUT2D eigenvalue weighted by atomic mass is 9.99. The fourth-order valence-corrected chi connectivity index (χ4v) is 4.40. The van der Waals surface area contributed by atoms with Crippen LogP contribution in [0.2, 0.25) is 0 Å². The number of hydrogen-bond acceptors (Lipinski definition) is 3. The maximum Gasteiger partial charge on any atom is 0.303 e. The van der Waals surface area contributed by atoms with Crippen molar-refractivity contribution in [3.63, 3.8) is 0 Å². The third-order valence-electron chi connectivity index (χ3n) is 4.79. The van der Waals surface area contributed by atoms with Crippen molar-refractivity contribution in [2.45, 2.75) is 55.9 Å². The maximum atomic E-state index is 13.1. The Labute approximate surface area is 176 Å². The molecule has 0 aromatic heterocycles. The first kappa shape index (κ1) is 24.0. The summed E-state index contributed by atoms with van der Waals surface area (Å²) in [5, 5.41) is 8.74. The summed E-state index contributed by atoms with van der Waals surface area (Å²) in [4.78, 5) is 10.6. The highest BCUT2D eigenvalue weighted by Crippen LogP contribution is 2.24. The van der Waals surface area contributed by atoms with Crippen LogP contribution < -0.4 is 4.72 Å². The summed E-state index contributed by atoms with van der Waals surface area (Å²) in [6.07, 6.45) is 3.47. The van der Waals surface area contributed by atoms with E-state index in [1.807, 2.05) is 24.3 Å². The number of alkyl halides is 1. The molecule has 2 rings (SSSR count). The highest BCUT2D eigenvalue weighted by molar-refractivity contribution is 7.89. The standard InChI is InChI=1S/C22H27F2NO4S/c23-16-3-1-2-6-21(25-30(28,29)20-14-12-19(24)13-15-20)18-10-8-17(9-11-18)5-4-7-22(26)27/h8-15,21,25H,1-7,16H2,(H,26,27). The van der Waals surface area contributed by atoms with Gasteiger partial charge in [-0.05, 0) is 61.1 Å². The summed E-state index contributed by atoms with van der Waals surface area (Å²) in [5.74, 6) is -1.36. The first-order valence-electron chi connectivity index (χ1n) is 9.96. The van der Waals surface area contributed by atoms with Gasteiger partial charge in [-0.3, -0.25) is 9.18 Å². The molecule has 0 fully saturated rings. The second kappa shape index (κ2) is 11.8. The molecule has 2 aromatic rings. The molecular formula is C22H27F2NO4S. The van der Waals surface area contributed by atoms with Gasteiger partial charge in [0.1, 0.15) is 5.82 Å². The summed E-state index contributed by atoms with van der Waals surface area (Å²) in [6, 6.07) is 11.5. The Morgan fingerprint density at radius 2 is 1.63 bits per heavy atom. The average Bonchev–Trinajstić information content (AvgIpc) is 2.71. The van der Waals surface area contributed by atoms with Gasteiger partial charge >= 0.3 is 5.97 Å². The number of rotatable bonds is 13. The van der Waals surface area contributed by atoms with Crippen molar-refractivity contribution in [1.82, 2.24) is 4.72 Å². The van der Waals surface area contributed by atoms with Crippen molar-refractivity contribution in [1.29, 1.82) is 0 Å². The number of nitrogens with one attached hydrogen (secondary N) is 1. The molecule has 8 heteroatoms. The number of aliphatic carboxylic acids is 1. The third-order valence-corrected chi connectivity index (χ3v) is 6.27. The van der Waals surface area contributed by atoms with Crippen molar-refractivity contribution in [3.8, 4) is 0 Å². The van der Waals surface area contributed by atoms with Crippen LogP contribution in [-0.2, 0) is 21.2 Å². The number of unbranched alkanes of at least 4 members (excludes halogenated alkanes) is 2. The van der Waals surface area contributed by atoms with E-state index in [0.29, 0.717) is 38.5 Å². The highest BCUT2D eigenvalue weighted by atomic mass is 32.2. The van der Waals surface area contributed by atoms with Crippen molar-refractivity contribution in [3.05, 3.63) is 65.5 Å². The van der Waals surface area contributed by atoms with E-state index in [2.05, 4.69) is 4.72 Å². The molecule has 5 nitrogen and oxygen atoms in total. The van der Waals surface area contributed by atoms with Gasteiger partial charge < -0.3 is 5.11 Å². The first-order valence-corrected chi connectivity index (χ1v) is 11.4. The van der Waals surface area contributed by atoms with Gasteiger partial charge in [0.05, 0.1) is 11.6 Å². The Bertz CT molecular complexity index is 900. The summed E-state index contributed by atoms with van der Waals surface area (Å²) >= 11 is 0. The second-order valence-electron chi connectivity index (χ2n) is 7.15. The van der Waals surface area contributed by atoms with Crippen molar-refractivity contribution in [2.75, 3.05) is 6.67 Å². The van der Waals surface area contributed by atoms with Crippen LogP contribution in [0.15, 0.2) is 53.4 Å². The maximum absolute atomic E-state index is 13.1. The topological polar surface area (TPSA) is 83.5 Å². The van der Waals surface area contributed by atoms with Gasteiger partial charge in [-0.1, -0.05) is 37.1 Å². The van der Waals surface area contributed by atoms with Crippen LogP contribution >= 0.6 is 0 Å². The lowest BCUT2D eigenvalue weighted by Crippen LogP contribution is -2.28. The molecule has 0 aliphatic heterocycles. The molecule has 0 radical (unpaired) electrons. The summed E-state index contributed by atoms with van der Waals surface area (Å²) < 4.78 is 53.7. The molecule has 30 heavy (non-hydrogen) atoms. The normalized spacial score (nSPS) is 12.6. The molecule has 0 saturated heterocycles. The second-order valence-corrected chi connectivity index (χ2v) is 8.87. The molecule has 0 heterocycles. The predicted octanol–water partition coefficient (Wildman–Crippen LogP) is 4.78. The van der Waals surface area contributed by atoms with Gasteiger partial charge in [0, 0.05) is 12.5 Å².